The Hall–Kier alpha value is -3.93. The molecule has 0 fully saturated rings. The number of benzene rings is 2. The molecule has 0 aliphatic rings. The lowest BCUT2D eigenvalue weighted by atomic mass is 10.1. The van der Waals surface area contributed by atoms with E-state index < -0.39 is 0 Å². The first-order valence-corrected chi connectivity index (χ1v) is 9.77. The number of aromatic nitrogens is 5. The fourth-order valence-electron chi connectivity index (χ4n) is 3.75. The third-order valence-corrected chi connectivity index (χ3v) is 5.19. The maximum absolute atomic E-state index is 5.41. The fraction of sp³-hybridized carbons (Fsp3) is 0.125. The number of hydrogen-bond acceptors (Lipinski definition) is 4. The minimum Gasteiger partial charge on any atom is -0.497 e. The minimum absolute atomic E-state index is 0.605. The first-order chi connectivity index (χ1) is 14.7. The van der Waals surface area contributed by atoms with Crippen LogP contribution in [0.2, 0.25) is 0 Å². The molecule has 148 valence electrons. The van der Waals surface area contributed by atoms with E-state index in [1.165, 1.54) is 16.5 Å². The third-order valence-electron chi connectivity index (χ3n) is 5.19. The Morgan fingerprint density at radius 2 is 1.83 bits per heavy atom. The number of rotatable bonds is 5. The molecular weight excluding hydrogens is 374 g/mol. The van der Waals surface area contributed by atoms with Gasteiger partial charge >= 0.3 is 0 Å². The standard InChI is InChI=1S/C24H21N5O/c1-28-16-17(20-10-3-4-12-22(20)28)14-23-26-24(21-11-5-6-13-25-21)27-29(23)18-8-7-9-19(15-18)30-2/h3-13,15-16H,14H2,1-2H3. The molecule has 3 aromatic heterocycles. The summed E-state index contributed by atoms with van der Waals surface area (Å²) in [6.07, 6.45) is 4.57. The highest BCUT2D eigenvalue weighted by Crippen LogP contribution is 2.25. The van der Waals surface area contributed by atoms with E-state index >= 15 is 0 Å². The average molecular weight is 395 g/mol. The Morgan fingerprint density at radius 1 is 0.967 bits per heavy atom. The molecule has 0 bridgehead atoms. The largest absolute Gasteiger partial charge is 0.497 e. The second-order valence-corrected chi connectivity index (χ2v) is 7.14. The summed E-state index contributed by atoms with van der Waals surface area (Å²) >= 11 is 0. The molecule has 5 aromatic rings. The zero-order valence-electron chi connectivity index (χ0n) is 16.9. The number of ether oxygens (including phenoxy) is 1. The van der Waals surface area contributed by atoms with Crippen LogP contribution in [0.25, 0.3) is 28.1 Å². The first-order valence-electron chi connectivity index (χ1n) is 9.77. The van der Waals surface area contributed by atoms with Gasteiger partial charge in [-0.15, -0.1) is 5.10 Å². The Balaban J connectivity index is 1.64. The molecule has 0 aliphatic heterocycles. The van der Waals surface area contributed by atoms with Crippen molar-refractivity contribution >= 4 is 10.9 Å². The molecule has 0 amide bonds. The van der Waals surface area contributed by atoms with E-state index in [0.717, 1.165) is 23.0 Å². The molecule has 0 saturated heterocycles. The van der Waals surface area contributed by atoms with Gasteiger partial charge in [-0.1, -0.05) is 30.3 Å². The van der Waals surface area contributed by atoms with Crippen LogP contribution in [-0.4, -0.2) is 31.4 Å². The van der Waals surface area contributed by atoms with Crippen molar-refractivity contribution in [3.05, 3.63) is 90.5 Å². The molecule has 0 aliphatic carbocycles. The molecule has 30 heavy (non-hydrogen) atoms. The Morgan fingerprint density at radius 3 is 2.67 bits per heavy atom. The lowest BCUT2D eigenvalue weighted by Gasteiger charge is -2.07. The van der Waals surface area contributed by atoms with Gasteiger partial charge in [0.2, 0.25) is 0 Å². The van der Waals surface area contributed by atoms with E-state index in [4.69, 9.17) is 14.8 Å². The van der Waals surface area contributed by atoms with Crippen molar-refractivity contribution < 1.29 is 4.74 Å². The number of fused-ring (bicyclic) bond motifs is 1. The van der Waals surface area contributed by atoms with Gasteiger partial charge in [-0.2, -0.15) is 0 Å². The Bertz CT molecular complexity index is 1320. The predicted octanol–water partition coefficient (Wildman–Crippen LogP) is 4.42. The van der Waals surface area contributed by atoms with Crippen molar-refractivity contribution in [2.24, 2.45) is 7.05 Å². The van der Waals surface area contributed by atoms with Gasteiger partial charge in [-0.3, -0.25) is 4.98 Å². The van der Waals surface area contributed by atoms with Crippen LogP contribution in [0.3, 0.4) is 0 Å². The number of aryl methyl sites for hydroxylation is 1. The fourth-order valence-corrected chi connectivity index (χ4v) is 3.75. The van der Waals surface area contributed by atoms with E-state index in [1.54, 1.807) is 13.3 Å². The maximum atomic E-state index is 5.41. The van der Waals surface area contributed by atoms with Gasteiger partial charge in [0.15, 0.2) is 5.82 Å². The van der Waals surface area contributed by atoms with Crippen LogP contribution in [-0.2, 0) is 13.5 Å². The molecular formula is C24H21N5O. The highest BCUT2D eigenvalue weighted by molar-refractivity contribution is 5.84. The molecule has 0 saturated carbocycles. The van der Waals surface area contributed by atoms with Gasteiger partial charge in [0.25, 0.3) is 0 Å². The summed E-state index contributed by atoms with van der Waals surface area (Å²) in [5.74, 6) is 2.23. The van der Waals surface area contributed by atoms with Gasteiger partial charge in [-0.25, -0.2) is 9.67 Å². The number of methoxy groups -OCH3 is 1. The van der Waals surface area contributed by atoms with Crippen molar-refractivity contribution in [3.8, 4) is 23.0 Å². The van der Waals surface area contributed by atoms with Gasteiger partial charge in [0.1, 0.15) is 17.3 Å². The molecule has 6 heteroatoms. The van der Waals surface area contributed by atoms with Crippen molar-refractivity contribution in [3.63, 3.8) is 0 Å². The van der Waals surface area contributed by atoms with E-state index in [-0.39, 0.29) is 0 Å². The number of pyridine rings is 1. The number of para-hydroxylation sites is 1. The zero-order valence-corrected chi connectivity index (χ0v) is 16.9. The maximum Gasteiger partial charge on any atom is 0.200 e. The summed E-state index contributed by atoms with van der Waals surface area (Å²) in [7, 11) is 3.73. The van der Waals surface area contributed by atoms with Crippen molar-refractivity contribution in [1.29, 1.82) is 0 Å². The van der Waals surface area contributed by atoms with Crippen molar-refractivity contribution in [2.45, 2.75) is 6.42 Å². The van der Waals surface area contributed by atoms with E-state index in [2.05, 4.69) is 47.1 Å². The third kappa shape index (κ3) is 3.22. The molecule has 0 spiro atoms. The van der Waals surface area contributed by atoms with Crippen LogP contribution < -0.4 is 4.74 Å². The van der Waals surface area contributed by atoms with Crippen molar-refractivity contribution in [2.75, 3.05) is 7.11 Å². The predicted molar refractivity (Wildman–Crippen MR) is 117 cm³/mol. The molecule has 6 nitrogen and oxygen atoms in total. The summed E-state index contributed by atoms with van der Waals surface area (Å²) in [6.45, 7) is 0. The summed E-state index contributed by atoms with van der Waals surface area (Å²) < 4.78 is 9.44. The Kier molecular flexibility index (Phi) is 4.52. The van der Waals surface area contributed by atoms with E-state index in [0.29, 0.717) is 12.2 Å². The van der Waals surface area contributed by atoms with Gasteiger partial charge in [0.05, 0.1) is 12.8 Å². The van der Waals surface area contributed by atoms with Crippen LogP contribution in [0.5, 0.6) is 5.75 Å². The molecule has 0 unspecified atom stereocenters. The highest BCUT2D eigenvalue weighted by Gasteiger charge is 2.17. The van der Waals surface area contributed by atoms with Crippen molar-refractivity contribution in [1.82, 2.24) is 24.3 Å². The normalized spacial score (nSPS) is 11.1. The number of nitrogens with zero attached hydrogens (tertiary/aromatic N) is 5. The van der Waals surface area contributed by atoms with E-state index in [9.17, 15) is 0 Å². The minimum atomic E-state index is 0.605. The van der Waals surface area contributed by atoms with Gasteiger partial charge in [-0.05, 0) is 35.9 Å². The van der Waals surface area contributed by atoms with Crippen LogP contribution in [0.1, 0.15) is 11.4 Å². The molecule has 3 heterocycles. The second-order valence-electron chi connectivity index (χ2n) is 7.14. The highest BCUT2D eigenvalue weighted by atomic mass is 16.5. The average Bonchev–Trinajstić information content (AvgIpc) is 3.36. The lowest BCUT2D eigenvalue weighted by Crippen LogP contribution is -2.04. The second kappa shape index (κ2) is 7.48. The quantitative estimate of drug-likeness (QED) is 0.442. The van der Waals surface area contributed by atoms with E-state index in [1.807, 2.05) is 47.1 Å². The van der Waals surface area contributed by atoms with Crippen LogP contribution in [0, 0.1) is 0 Å². The molecule has 0 N–H and O–H groups in total. The molecule has 2 aromatic carbocycles. The molecule has 0 atom stereocenters. The monoisotopic (exact) mass is 395 g/mol. The zero-order chi connectivity index (χ0) is 20.5. The summed E-state index contributed by atoms with van der Waals surface area (Å²) in [6, 6.07) is 22.0. The first kappa shape index (κ1) is 18.1. The van der Waals surface area contributed by atoms with Crippen LogP contribution >= 0.6 is 0 Å². The summed E-state index contributed by atoms with van der Waals surface area (Å²) in [5.41, 5.74) is 4.06. The Labute approximate surface area is 174 Å². The topological polar surface area (TPSA) is 57.8 Å². The van der Waals surface area contributed by atoms with Crippen LogP contribution in [0.4, 0.5) is 0 Å². The summed E-state index contributed by atoms with van der Waals surface area (Å²) in [5, 5.41) is 6.01. The smallest absolute Gasteiger partial charge is 0.200 e. The van der Waals surface area contributed by atoms with Gasteiger partial charge in [0, 0.05) is 42.8 Å². The van der Waals surface area contributed by atoms with Crippen LogP contribution in [0.15, 0.2) is 79.1 Å². The van der Waals surface area contributed by atoms with Gasteiger partial charge < -0.3 is 9.30 Å². The lowest BCUT2D eigenvalue weighted by molar-refractivity contribution is 0.414. The number of hydrogen-bond donors (Lipinski definition) is 0. The summed E-state index contributed by atoms with van der Waals surface area (Å²) in [4.78, 5) is 9.29. The SMILES string of the molecule is COc1cccc(-n2nc(-c3ccccn3)nc2Cc2cn(C)c3ccccc23)c1. The molecule has 5 rings (SSSR count). The molecule has 0 radical (unpaired) electrons.